The molecule has 3 heteroatoms. The zero-order valence-corrected chi connectivity index (χ0v) is 5.82. The summed E-state index contributed by atoms with van der Waals surface area (Å²) in [6.07, 6.45) is -2.42. The number of halogens is 3. The average Bonchev–Trinajstić information content (AvgIpc) is 1.98. The molecule has 0 aliphatic rings. The van der Waals surface area contributed by atoms with Crippen LogP contribution in [0.3, 0.4) is 0 Å². The molecule has 0 aromatic rings. The van der Waals surface area contributed by atoms with E-state index in [1.807, 2.05) is 0 Å². The maximum Gasteiger partial charge on any atom is 0.159 e. The van der Waals surface area contributed by atoms with Crippen LogP contribution in [0, 0.1) is 6.92 Å². The van der Waals surface area contributed by atoms with Gasteiger partial charge in [0.1, 0.15) is 12.8 Å². The van der Waals surface area contributed by atoms with Gasteiger partial charge in [-0.05, 0) is 6.42 Å². The van der Waals surface area contributed by atoms with Crippen LogP contribution in [0.15, 0.2) is 0 Å². The van der Waals surface area contributed by atoms with Gasteiger partial charge in [-0.2, -0.15) is 0 Å². The van der Waals surface area contributed by atoms with Gasteiger partial charge < -0.3 is 0 Å². The number of alkyl halides is 3. The van der Waals surface area contributed by atoms with Gasteiger partial charge in [0.15, 0.2) is 6.17 Å². The lowest BCUT2D eigenvalue weighted by atomic mass is 10.1. The van der Waals surface area contributed by atoms with E-state index in [0.29, 0.717) is 12.8 Å². The Morgan fingerprint density at radius 3 is 2.20 bits per heavy atom. The molecular formula is C7H12F3. The van der Waals surface area contributed by atoms with Crippen LogP contribution in [0.2, 0.25) is 0 Å². The van der Waals surface area contributed by atoms with Crippen molar-refractivity contribution in [2.45, 2.75) is 31.6 Å². The fourth-order valence-electron chi connectivity index (χ4n) is 0.617. The van der Waals surface area contributed by atoms with Crippen LogP contribution in [-0.2, 0) is 0 Å². The van der Waals surface area contributed by atoms with E-state index in [2.05, 4.69) is 6.92 Å². The Balaban J connectivity index is 3.31. The lowest BCUT2D eigenvalue weighted by Crippen LogP contribution is -2.18. The van der Waals surface area contributed by atoms with Gasteiger partial charge in [-0.25, -0.2) is 13.2 Å². The second-order valence-corrected chi connectivity index (χ2v) is 2.18. The Hall–Kier alpha value is -0.210. The van der Waals surface area contributed by atoms with E-state index in [4.69, 9.17) is 0 Å². The van der Waals surface area contributed by atoms with Gasteiger partial charge >= 0.3 is 0 Å². The summed E-state index contributed by atoms with van der Waals surface area (Å²) in [5.41, 5.74) is 0. The second-order valence-electron chi connectivity index (χ2n) is 2.18. The fourth-order valence-corrected chi connectivity index (χ4v) is 0.617. The molecule has 0 N–H and O–H groups in total. The molecular weight excluding hydrogens is 141 g/mol. The highest BCUT2D eigenvalue weighted by molar-refractivity contribution is 4.66. The Morgan fingerprint density at radius 2 is 1.80 bits per heavy atom. The van der Waals surface area contributed by atoms with E-state index >= 15 is 0 Å². The number of hydrogen-bond acceptors (Lipinski definition) is 0. The van der Waals surface area contributed by atoms with Crippen LogP contribution in [0.1, 0.15) is 19.3 Å². The number of rotatable bonds is 5. The third kappa shape index (κ3) is 3.75. The summed E-state index contributed by atoms with van der Waals surface area (Å²) in [5.74, 6) is 0. The summed E-state index contributed by atoms with van der Waals surface area (Å²) in [5, 5.41) is 0. The molecule has 0 bridgehead atoms. The number of unbranched alkanes of at least 4 members (excludes halogenated alkanes) is 1. The van der Waals surface area contributed by atoms with E-state index in [1.54, 1.807) is 0 Å². The highest BCUT2D eigenvalue weighted by Gasteiger charge is 2.18. The van der Waals surface area contributed by atoms with Crippen molar-refractivity contribution in [2.75, 3.05) is 6.67 Å². The van der Waals surface area contributed by atoms with E-state index in [1.165, 1.54) is 0 Å². The first-order chi connectivity index (χ1) is 4.72. The molecule has 0 heterocycles. The first kappa shape index (κ1) is 9.79. The molecule has 0 aromatic heterocycles. The first-order valence-electron chi connectivity index (χ1n) is 3.35. The summed E-state index contributed by atoms with van der Waals surface area (Å²) in [4.78, 5) is 0. The van der Waals surface area contributed by atoms with Crippen molar-refractivity contribution in [2.24, 2.45) is 0 Å². The van der Waals surface area contributed by atoms with E-state index in [-0.39, 0.29) is 6.42 Å². The molecule has 0 aromatic carbocycles. The van der Waals surface area contributed by atoms with E-state index < -0.39 is 19.0 Å². The molecule has 10 heavy (non-hydrogen) atoms. The monoisotopic (exact) mass is 153 g/mol. The molecule has 1 radical (unpaired) electrons. The smallest absolute Gasteiger partial charge is 0.159 e. The molecule has 0 fully saturated rings. The van der Waals surface area contributed by atoms with Crippen LogP contribution in [0.4, 0.5) is 13.2 Å². The molecule has 0 rings (SSSR count). The zero-order valence-electron chi connectivity index (χ0n) is 5.82. The zero-order chi connectivity index (χ0) is 7.98. The van der Waals surface area contributed by atoms with Crippen LogP contribution >= 0.6 is 0 Å². The number of hydrogen-bond donors (Lipinski definition) is 0. The van der Waals surface area contributed by atoms with Crippen molar-refractivity contribution in [1.29, 1.82) is 0 Å². The van der Waals surface area contributed by atoms with Crippen molar-refractivity contribution in [1.82, 2.24) is 0 Å². The third-order valence-corrected chi connectivity index (χ3v) is 1.27. The molecule has 0 saturated heterocycles. The fraction of sp³-hybridized carbons (Fsp3) is 0.857. The highest BCUT2D eigenvalue weighted by atomic mass is 19.2. The third-order valence-electron chi connectivity index (χ3n) is 1.27. The van der Waals surface area contributed by atoms with Gasteiger partial charge in [-0.15, -0.1) is 0 Å². The van der Waals surface area contributed by atoms with Crippen molar-refractivity contribution < 1.29 is 13.2 Å². The lowest BCUT2D eigenvalue weighted by molar-refractivity contribution is 0.129. The predicted octanol–water partition coefficient (Wildman–Crippen LogP) is 2.64. The summed E-state index contributed by atoms with van der Waals surface area (Å²) in [6.45, 7) is 2.24. The van der Waals surface area contributed by atoms with Crippen LogP contribution in [-0.4, -0.2) is 19.0 Å². The Morgan fingerprint density at radius 1 is 1.20 bits per heavy atom. The Labute approximate surface area is 59.4 Å². The molecule has 0 aliphatic heterocycles. The van der Waals surface area contributed by atoms with Gasteiger partial charge in [0.05, 0.1) is 0 Å². The summed E-state index contributed by atoms with van der Waals surface area (Å²) >= 11 is 0. The van der Waals surface area contributed by atoms with E-state index in [9.17, 15) is 13.2 Å². The maximum atomic E-state index is 12.3. The van der Waals surface area contributed by atoms with Crippen molar-refractivity contribution in [3.8, 4) is 0 Å². The Kier molecular flexibility index (Phi) is 5.45. The lowest BCUT2D eigenvalue weighted by Gasteiger charge is -2.08. The van der Waals surface area contributed by atoms with Gasteiger partial charge in [0.2, 0.25) is 0 Å². The second kappa shape index (κ2) is 5.57. The average molecular weight is 153 g/mol. The summed E-state index contributed by atoms with van der Waals surface area (Å²) < 4.78 is 35.9. The molecule has 0 nitrogen and oxygen atoms in total. The molecule has 0 aliphatic carbocycles. The topological polar surface area (TPSA) is 0 Å². The Bertz CT molecular complexity index is 75.3. The summed E-state index contributed by atoms with van der Waals surface area (Å²) in [6, 6.07) is 0. The van der Waals surface area contributed by atoms with Gasteiger partial charge in [-0.3, -0.25) is 0 Å². The molecule has 2 atom stereocenters. The van der Waals surface area contributed by atoms with Crippen molar-refractivity contribution >= 4 is 0 Å². The minimum absolute atomic E-state index is 0.0780. The molecule has 61 valence electrons. The van der Waals surface area contributed by atoms with Crippen LogP contribution < -0.4 is 0 Å². The quantitative estimate of drug-likeness (QED) is 0.569. The van der Waals surface area contributed by atoms with E-state index in [0.717, 1.165) is 0 Å². The highest BCUT2D eigenvalue weighted by Crippen LogP contribution is 2.11. The van der Waals surface area contributed by atoms with Gasteiger partial charge in [-0.1, -0.05) is 19.8 Å². The minimum Gasteiger partial charge on any atom is -0.248 e. The van der Waals surface area contributed by atoms with Gasteiger partial charge in [0, 0.05) is 0 Å². The first-order valence-corrected chi connectivity index (χ1v) is 3.35. The largest absolute Gasteiger partial charge is 0.248 e. The van der Waals surface area contributed by atoms with Crippen molar-refractivity contribution in [3.63, 3.8) is 0 Å². The molecule has 0 spiro atoms. The van der Waals surface area contributed by atoms with Crippen LogP contribution in [0.5, 0.6) is 0 Å². The van der Waals surface area contributed by atoms with Gasteiger partial charge in [0.25, 0.3) is 0 Å². The normalized spacial score (nSPS) is 16.8. The molecule has 0 amide bonds. The minimum atomic E-state index is -1.94. The summed E-state index contributed by atoms with van der Waals surface area (Å²) in [7, 11) is 0. The standard InChI is InChI=1S/C7H12F3/c1-2-3-4-6(9)7(10)5-8/h6-7H,1-5H2/t6?,7-/m0/s1. The molecule has 1 unspecified atom stereocenters. The SMILES string of the molecule is [CH2]CCCC(F)[C@@H](F)CF. The van der Waals surface area contributed by atoms with Crippen molar-refractivity contribution in [3.05, 3.63) is 6.92 Å². The van der Waals surface area contributed by atoms with Crippen LogP contribution in [0.25, 0.3) is 0 Å². The molecule has 0 saturated carbocycles. The predicted molar refractivity (Wildman–Crippen MR) is 35.0 cm³/mol. The maximum absolute atomic E-state index is 12.3.